The molecule has 2 rings (SSSR count). The van der Waals surface area contributed by atoms with E-state index in [0.717, 1.165) is 29.0 Å². The van der Waals surface area contributed by atoms with Gasteiger partial charge in [0, 0.05) is 17.2 Å². The predicted octanol–water partition coefficient (Wildman–Crippen LogP) is 3.34. The lowest BCUT2D eigenvalue weighted by Gasteiger charge is -2.03. The van der Waals surface area contributed by atoms with Crippen LogP contribution in [-0.4, -0.2) is 21.1 Å². The topological polar surface area (TPSA) is 42.2 Å². The summed E-state index contributed by atoms with van der Waals surface area (Å²) in [6, 6.07) is 3.91. The van der Waals surface area contributed by atoms with E-state index in [2.05, 4.69) is 45.2 Å². The van der Waals surface area contributed by atoms with Crippen molar-refractivity contribution in [3.8, 4) is 0 Å². The molecular weight excluding hydrogens is 280 g/mol. The molecule has 0 unspecified atom stereocenters. The maximum atomic E-state index is 4.39. The van der Waals surface area contributed by atoms with Gasteiger partial charge >= 0.3 is 0 Å². The van der Waals surface area contributed by atoms with E-state index in [0.29, 0.717) is 5.95 Å². The highest BCUT2D eigenvalue weighted by Crippen LogP contribution is 2.12. The van der Waals surface area contributed by atoms with Gasteiger partial charge in [-0.2, -0.15) is 4.98 Å². The Morgan fingerprint density at radius 1 is 1.41 bits per heavy atom. The molecule has 0 atom stereocenters. The van der Waals surface area contributed by atoms with Gasteiger partial charge < -0.3 is 5.32 Å². The summed E-state index contributed by atoms with van der Waals surface area (Å²) in [7, 11) is 0. The Morgan fingerprint density at radius 3 is 3.00 bits per heavy atom. The fourth-order valence-corrected chi connectivity index (χ4v) is 1.97. The lowest BCUT2D eigenvalue weighted by Crippen LogP contribution is -2.04. The fraction of sp³-hybridized carbons (Fsp3) is 0.500. The van der Waals surface area contributed by atoms with Crippen LogP contribution in [-0.2, 0) is 0 Å². The standard InChI is InChI=1S/C12H17BrN4/c1-9(2)4-3-7-14-12-15-11-6-5-10(13)8-17(11)16-12/h5-6,8-9H,3-4,7H2,1-2H3,(H,14,16). The lowest BCUT2D eigenvalue weighted by atomic mass is 10.1. The summed E-state index contributed by atoms with van der Waals surface area (Å²) in [5.74, 6) is 1.45. The second-order valence-corrected chi connectivity index (χ2v) is 5.46. The van der Waals surface area contributed by atoms with E-state index in [9.17, 15) is 0 Å². The molecule has 1 N–H and O–H groups in total. The van der Waals surface area contributed by atoms with Gasteiger partial charge in [0.1, 0.15) is 0 Å². The normalized spacial score (nSPS) is 11.3. The molecular formula is C12H17BrN4. The van der Waals surface area contributed by atoms with Gasteiger partial charge in [0.25, 0.3) is 0 Å². The van der Waals surface area contributed by atoms with Crippen LogP contribution in [0.15, 0.2) is 22.8 Å². The molecule has 92 valence electrons. The van der Waals surface area contributed by atoms with Gasteiger partial charge in [0.05, 0.1) is 0 Å². The Balaban J connectivity index is 1.95. The minimum Gasteiger partial charge on any atom is -0.353 e. The molecule has 0 aliphatic rings. The Morgan fingerprint density at radius 2 is 2.24 bits per heavy atom. The highest BCUT2D eigenvalue weighted by atomic mass is 79.9. The Hall–Kier alpha value is -1.10. The fourth-order valence-electron chi connectivity index (χ4n) is 1.64. The zero-order valence-electron chi connectivity index (χ0n) is 10.2. The number of hydrogen-bond donors (Lipinski definition) is 1. The van der Waals surface area contributed by atoms with Gasteiger partial charge in [-0.1, -0.05) is 13.8 Å². The number of fused-ring (bicyclic) bond motifs is 1. The number of nitrogens with zero attached hydrogens (tertiary/aromatic N) is 3. The molecule has 17 heavy (non-hydrogen) atoms. The molecule has 0 spiro atoms. The van der Waals surface area contributed by atoms with E-state index in [4.69, 9.17) is 0 Å². The van der Waals surface area contributed by atoms with Gasteiger partial charge in [0.15, 0.2) is 5.65 Å². The van der Waals surface area contributed by atoms with Crippen LogP contribution >= 0.6 is 15.9 Å². The maximum absolute atomic E-state index is 4.39. The average molecular weight is 297 g/mol. The van der Waals surface area contributed by atoms with Gasteiger partial charge in [-0.15, -0.1) is 5.10 Å². The van der Waals surface area contributed by atoms with Crippen LogP contribution < -0.4 is 5.32 Å². The monoisotopic (exact) mass is 296 g/mol. The number of aromatic nitrogens is 3. The molecule has 2 aromatic heterocycles. The number of nitrogens with one attached hydrogen (secondary N) is 1. The summed E-state index contributed by atoms with van der Waals surface area (Å²) in [5, 5.41) is 7.61. The van der Waals surface area contributed by atoms with Gasteiger partial charge in [-0.3, -0.25) is 0 Å². The zero-order valence-corrected chi connectivity index (χ0v) is 11.7. The molecule has 0 fully saturated rings. The smallest absolute Gasteiger partial charge is 0.243 e. The molecule has 0 aliphatic heterocycles. The second kappa shape index (κ2) is 5.49. The molecule has 0 radical (unpaired) electrons. The Bertz CT molecular complexity index is 492. The third kappa shape index (κ3) is 3.43. The van der Waals surface area contributed by atoms with Crippen molar-refractivity contribution in [3.05, 3.63) is 22.8 Å². The van der Waals surface area contributed by atoms with Crippen molar-refractivity contribution >= 4 is 27.5 Å². The number of halogens is 1. The van der Waals surface area contributed by atoms with Gasteiger partial charge in [0.2, 0.25) is 5.95 Å². The highest BCUT2D eigenvalue weighted by molar-refractivity contribution is 9.10. The largest absolute Gasteiger partial charge is 0.353 e. The first-order chi connectivity index (χ1) is 8.15. The van der Waals surface area contributed by atoms with Crippen molar-refractivity contribution in [2.24, 2.45) is 5.92 Å². The van der Waals surface area contributed by atoms with Crippen LogP contribution in [0.3, 0.4) is 0 Å². The predicted molar refractivity (Wildman–Crippen MR) is 73.2 cm³/mol. The molecule has 2 aromatic rings. The molecule has 0 bridgehead atoms. The average Bonchev–Trinajstić information content (AvgIpc) is 2.66. The first-order valence-electron chi connectivity index (χ1n) is 5.91. The molecule has 0 aliphatic carbocycles. The van der Waals surface area contributed by atoms with E-state index in [1.807, 2.05) is 18.3 Å². The van der Waals surface area contributed by atoms with Gasteiger partial charge in [-0.05, 0) is 46.8 Å². The summed E-state index contributed by atoms with van der Waals surface area (Å²) in [6.07, 6.45) is 4.28. The summed E-state index contributed by atoms with van der Waals surface area (Å²) in [6.45, 7) is 5.40. The molecule has 0 saturated carbocycles. The summed E-state index contributed by atoms with van der Waals surface area (Å²) in [4.78, 5) is 4.39. The number of hydrogen-bond acceptors (Lipinski definition) is 3. The van der Waals surface area contributed by atoms with E-state index >= 15 is 0 Å². The van der Waals surface area contributed by atoms with Crippen molar-refractivity contribution in [3.63, 3.8) is 0 Å². The van der Waals surface area contributed by atoms with Crippen LogP contribution in [0.5, 0.6) is 0 Å². The SMILES string of the molecule is CC(C)CCCNc1nc2ccc(Br)cn2n1. The van der Waals surface area contributed by atoms with Gasteiger partial charge in [-0.25, -0.2) is 4.52 Å². The van der Waals surface area contributed by atoms with Crippen molar-refractivity contribution in [2.45, 2.75) is 26.7 Å². The zero-order chi connectivity index (χ0) is 12.3. The number of pyridine rings is 1. The molecule has 0 amide bonds. The maximum Gasteiger partial charge on any atom is 0.243 e. The van der Waals surface area contributed by atoms with Crippen LogP contribution in [0.25, 0.3) is 5.65 Å². The van der Waals surface area contributed by atoms with E-state index in [-0.39, 0.29) is 0 Å². The van der Waals surface area contributed by atoms with Crippen LogP contribution in [0.2, 0.25) is 0 Å². The summed E-state index contributed by atoms with van der Waals surface area (Å²) >= 11 is 3.41. The third-order valence-corrected chi connectivity index (χ3v) is 3.01. The van der Waals surface area contributed by atoms with Crippen molar-refractivity contribution in [2.75, 3.05) is 11.9 Å². The van der Waals surface area contributed by atoms with Crippen molar-refractivity contribution < 1.29 is 0 Å². The van der Waals surface area contributed by atoms with Crippen molar-refractivity contribution in [1.82, 2.24) is 14.6 Å². The minimum absolute atomic E-state index is 0.701. The first-order valence-corrected chi connectivity index (χ1v) is 6.70. The van der Waals surface area contributed by atoms with E-state index in [1.165, 1.54) is 6.42 Å². The number of rotatable bonds is 5. The third-order valence-electron chi connectivity index (χ3n) is 2.54. The van der Waals surface area contributed by atoms with Crippen molar-refractivity contribution in [1.29, 1.82) is 0 Å². The molecule has 0 aromatic carbocycles. The summed E-state index contributed by atoms with van der Waals surface area (Å²) in [5.41, 5.74) is 0.861. The van der Waals surface area contributed by atoms with Crippen LogP contribution in [0, 0.1) is 5.92 Å². The number of anilines is 1. The van der Waals surface area contributed by atoms with E-state index < -0.39 is 0 Å². The Labute approximate surface area is 110 Å². The highest BCUT2D eigenvalue weighted by Gasteiger charge is 2.02. The molecule has 5 heteroatoms. The molecule has 4 nitrogen and oxygen atoms in total. The Kier molecular flexibility index (Phi) is 3.99. The second-order valence-electron chi connectivity index (χ2n) is 4.55. The van der Waals surface area contributed by atoms with Crippen LogP contribution in [0.4, 0.5) is 5.95 Å². The quantitative estimate of drug-likeness (QED) is 0.861. The molecule has 0 saturated heterocycles. The minimum atomic E-state index is 0.701. The lowest BCUT2D eigenvalue weighted by molar-refractivity contribution is 0.566. The summed E-state index contributed by atoms with van der Waals surface area (Å²) < 4.78 is 2.77. The first kappa shape index (κ1) is 12.4. The molecule has 2 heterocycles. The van der Waals surface area contributed by atoms with Crippen LogP contribution in [0.1, 0.15) is 26.7 Å². The van der Waals surface area contributed by atoms with E-state index in [1.54, 1.807) is 4.52 Å².